The third-order valence-corrected chi connectivity index (χ3v) is 6.13. The summed E-state index contributed by atoms with van der Waals surface area (Å²) in [7, 11) is 3.84. The lowest BCUT2D eigenvalue weighted by molar-refractivity contribution is -0.858. The number of pyridine rings is 1. The third-order valence-electron chi connectivity index (χ3n) is 6.13. The molecule has 1 aromatic carbocycles. The number of rotatable bonds is 11. The van der Waals surface area contributed by atoms with Crippen molar-refractivity contribution in [3.8, 4) is 0 Å². The van der Waals surface area contributed by atoms with Crippen molar-refractivity contribution in [2.24, 2.45) is 10.9 Å². The van der Waals surface area contributed by atoms with E-state index in [1.165, 1.54) is 24.4 Å². The molecule has 2 N–H and O–H groups in total. The molecule has 0 radical (unpaired) electrons. The van der Waals surface area contributed by atoms with Crippen molar-refractivity contribution >= 4 is 29.2 Å². The molecule has 39 heavy (non-hydrogen) atoms. The van der Waals surface area contributed by atoms with Crippen LogP contribution in [0.15, 0.2) is 65.1 Å². The Morgan fingerprint density at radius 3 is 2.54 bits per heavy atom. The van der Waals surface area contributed by atoms with Gasteiger partial charge in [-0.3, -0.25) is 29.7 Å². The Morgan fingerprint density at radius 2 is 1.87 bits per heavy atom. The molecule has 1 aliphatic heterocycles. The van der Waals surface area contributed by atoms with Crippen molar-refractivity contribution in [1.29, 1.82) is 0 Å². The van der Waals surface area contributed by atoms with Crippen molar-refractivity contribution < 1.29 is 33.7 Å². The topological polar surface area (TPSA) is 155 Å². The van der Waals surface area contributed by atoms with Gasteiger partial charge in [0.1, 0.15) is 25.7 Å². The van der Waals surface area contributed by atoms with Gasteiger partial charge in [0, 0.05) is 41.9 Å². The van der Waals surface area contributed by atoms with Gasteiger partial charge in [-0.15, -0.1) is 0 Å². The van der Waals surface area contributed by atoms with Gasteiger partial charge in [0.25, 0.3) is 11.6 Å². The smallest absolute Gasteiger partial charge is 0.336 e. The maximum Gasteiger partial charge on any atom is 0.336 e. The molecule has 0 bridgehead atoms. The second-order valence-corrected chi connectivity index (χ2v) is 9.32. The van der Waals surface area contributed by atoms with Crippen LogP contribution in [-0.2, 0) is 19.1 Å². The van der Waals surface area contributed by atoms with Crippen LogP contribution in [0.25, 0.3) is 0 Å². The second kappa shape index (κ2) is 13.4. The minimum atomic E-state index is -1.04. The summed E-state index contributed by atoms with van der Waals surface area (Å²) < 4.78 is 11.0. The van der Waals surface area contributed by atoms with Crippen LogP contribution in [0.4, 0.5) is 5.69 Å². The van der Waals surface area contributed by atoms with Gasteiger partial charge in [0.05, 0.1) is 36.7 Å². The number of non-ortho nitro benzene ring substituents is 1. The molecule has 0 saturated heterocycles. The monoisotopic (exact) mass is 538 g/mol. The van der Waals surface area contributed by atoms with Gasteiger partial charge >= 0.3 is 11.9 Å². The molecule has 0 fully saturated rings. The first kappa shape index (κ1) is 29.1. The van der Waals surface area contributed by atoms with E-state index in [1.807, 2.05) is 14.1 Å². The number of nitro benzene ring substituents is 1. The Morgan fingerprint density at radius 1 is 1.10 bits per heavy atom. The van der Waals surface area contributed by atoms with Gasteiger partial charge < -0.3 is 19.7 Å². The van der Waals surface area contributed by atoms with Crippen LogP contribution in [-0.4, -0.2) is 73.9 Å². The number of aliphatic imine (C=N–C) groups is 1. The Kier molecular flexibility index (Phi) is 9.98. The van der Waals surface area contributed by atoms with Crippen LogP contribution in [0, 0.1) is 16.0 Å². The zero-order valence-electron chi connectivity index (χ0n) is 22.3. The average molecular weight is 539 g/mol. The number of nitrogens with one attached hydrogen (secondary N) is 2. The lowest BCUT2D eigenvalue weighted by Gasteiger charge is -2.31. The Hall–Kier alpha value is -4.45. The number of carbonyl (C=O) groups is 3. The molecular weight excluding hydrogens is 506 g/mol. The molecule has 1 amide bonds. The largest absolute Gasteiger partial charge is 0.463 e. The molecule has 0 saturated carbocycles. The van der Waals surface area contributed by atoms with E-state index in [1.54, 1.807) is 38.2 Å². The summed E-state index contributed by atoms with van der Waals surface area (Å²) in [6.45, 7) is 3.90. The number of nitrogens with zero attached hydrogens (tertiary/aromatic N) is 3. The van der Waals surface area contributed by atoms with Crippen LogP contribution in [0.1, 0.15) is 35.7 Å². The predicted octanol–water partition coefficient (Wildman–Crippen LogP) is 1.10. The first-order valence-corrected chi connectivity index (χ1v) is 12.4. The first-order chi connectivity index (χ1) is 18.6. The molecule has 0 aliphatic carbocycles. The third kappa shape index (κ3) is 7.54. The van der Waals surface area contributed by atoms with Crippen LogP contribution in [0.2, 0.25) is 0 Å². The standard InChI is InChI=1S/C27H31N5O7/c1-17-22(26(34)38-13-11-29-25(33)20-8-6-10-28-16-20)24(19-7-5-9-21(15-19)32(36)37)23(18(2)30-17)27(35)39-14-12-31(3)4/h5-10,15-16,22,24H,11-14H2,1-4H3,(H,29,33)/p+1/t22?,24-/m1/s1. The van der Waals surface area contributed by atoms with E-state index in [2.05, 4.69) is 15.3 Å². The average Bonchev–Trinajstić information content (AvgIpc) is 2.90. The summed E-state index contributed by atoms with van der Waals surface area (Å²) in [6, 6.07) is 9.03. The highest BCUT2D eigenvalue weighted by Gasteiger charge is 2.43. The first-order valence-electron chi connectivity index (χ1n) is 12.4. The predicted molar refractivity (Wildman–Crippen MR) is 141 cm³/mol. The molecule has 12 heteroatoms. The van der Waals surface area contributed by atoms with Crippen molar-refractivity contribution in [3.63, 3.8) is 0 Å². The summed E-state index contributed by atoms with van der Waals surface area (Å²) in [4.78, 5) is 59.2. The number of hydrogen-bond donors (Lipinski definition) is 2. The SMILES string of the molecule is CC1=NC(C)=C(C(=O)OCC[NH+](C)C)[C@H](c2cccc([N+](=O)[O-])c2)C1C(=O)OCCNC(=O)c1cccnc1. The fourth-order valence-corrected chi connectivity index (χ4v) is 4.23. The zero-order chi connectivity index (χ0) is 28.5. The van der Waals surface area contributed by atoms with Crippen LogP contribution >= 0.6 is 0 Å². The number of carbonyl (C=O) groups excluding carboxylic acids is 3. The molecule has 2 aromatic rings. The van der Waals surface area contributed by atoms with Crippen molar-refractivity contribution in [1.82, 2.24) is 10.3 Å². The fraction of sp³-hybridized carbons (Fsp3) is 0.370. The second-order valence-electron chi connectivity index (χ2n) is 9.32. The van der Waals surface area contributed by atoms with Crippen molar-refractivity contribution in [3.05, 3.63) is 81.3 Å². The Balaban J connectivity index is 1.84. The number of likely N-dealkylation sites (N-methyl/N-ethyl adjacent to an activating group) is 1. The fourth-order valence-electron chi connectivity index (χ4n) is 4.23. The number of esters is 2. The highest BCUT2D eigenvalue weighted by molar-refractivity contribution is 6.07. The van der Waals surface area contributed by atoms with Gasteiger partial charge in [-0.1, -0.05) is 12.1 Å². The molecule has 206 valence electrons. The van der Waals surface area contributed by atoms with Gasteiger partial charge in [-0.25, -0.2) is 4.79 Å². The van der Waals surface area contributed by atoms with E-state index in [0.717, 1.165) is 4.90 Å². The van der Waals surface area contributed by atoms with Gasteiger partial charge in [0.15, 0.2) is 0 Å². The number of nitro groups is 1. The lowest BCUT2D eigenvalue weighted by atomic mass is 9.75. The molecule has 2 atom stereocenters. The molecule has 1 aliphatic rings. The number of hydrogen-bond acceptors (Lipinski definition) is 9. The van der Waals surface area contributed by atoms with E-state index in [4.69, 9.17) is 9.47 Å². The Labute approximate surface area is 225 Å². The van der Waals surface area contributed by atoms with Crippen LogP contribution < -0.4 is 10.2 Å². The van der Waals surface area contributed by atoms with Crippen molar-refractivity contribution in [2.45, 2.75) is 19.8 Å². The van der Waals surface area contributed by atoms with E-state index >= 15 is 0 Å². The summed E-state index contributed by atoms with van der Waals surface area (Å²) in [5.41, 5.74) is 1.46. The highest BCUT2D eigenvalue weighted by atomic mass is 16.6. The summed E-state index contributed by atoms with van der Waals surface area (Å²) in [6.07, 6.45) is 2.97. The number of allylic oxidation sites excluding steroid dienone is 1. The summed E-state index contributed by atoms with van der Waals surface area (Å²) >= 11 is 0. The maximum absolute atomic E-state index is 13.4. The lowest BCUT2D eigenvalue weighted by Crippen LogP contribution is -3.06. The number of benzene rings is 1. The summed E-state index contributed by atoms with van der Waals surface area (Å²) in [5.74, 6) is -3.65. The van der Waals surface area contributed by atoms with E-state index in [-0.39, 0.29) is 36.9 Å². The molecular formula is C27H32N5O7+. The minimum absolute atomic E-state index is 0.0422. The number of ether oxygens (including phenoxy) is 2. The quantitative estimate of drug-likeness (QED) is 0.187. The van der Waals surface area contributed by atoms with Crippen molar-refractivity contribution in [2.75, 3.05) is 40.4 Å². The van der Waals surface area contributed by atoms with E-state index < -0.39 is 28.7 Å². The van der Waals surface area contributed by atoms with Gasteiger partial charge in [-0.2, -0.15) is 0 Å². The number of amides is 1. The molecule has 12 nitrogen and oxygen atoms in total. The van der Waals surface area contributed by atoms with Crippen LogP contribution in [0.3, 0.4) is 0 Å². The van der Waals surface area contributed by atoms with Gasteiger partial charge in [-0.05, 0) is 31.5 Å². The number of quaternary nitrogens is 1. The molecule has 0 spiro atoms. The Bertz CT molecular complexity index is 1290. The highest BCUT2D eigenvalue weighted by Crippen LogP contribution is 2.41. The molecule has 2 heterocycles. The van der Waals surface area contributed by atoms with E-state index in [9.17, 15) is 24.5 Å². The normalized spacial score (nSPS) is 16.9. The molecule has 3 rings (SSSR count). The maximum atomic E-state index is 13.4. The summed E-state index contributed by atoms with van der Waals surface area (Å²) in [5, 5.41) is 14.1. The minimum Gasteiger partial charge on any atom is -0.463 e. The zero-order valence-corrected chi connectivity index (χ0v) is 22.3. The van der Waals surface area contributed by atoms with Gasteiger partial charge in [0.2, 0.25) is 0 Å². The molecule has 1 unspecified atom stereocenters. The van der Waals surface area contributed by atoms with Crippen LogP contribution in [0.5, 0.6) is 0 Å². The van der Waals surface area contributed by atoms with E-state index in [0.29, 0.717) is 29.1 Å². The number of aromatic nitrogens is 1. The molecule has 1 aromatic heterocycles.